The Kier molecular flexibility index (Phi) is 14.3. The van der Waals surface area contributed by atoms with Gasteiger partial charge in [-0.15, -0.1) is 5.73 Å². The fraction of sp³-hybridized carbons (Fsp3) is 0.0548. The zero-order valence-electron chi connectivity index (χ0n) is 44.2. The number of para-hydroxylation sites is 2. The van der Waals surface area contributed by atoms with Crippen LogP contribution in [0, 0.1) is 0 Å². The van der Waals surface area contributed by atoms with E-state index < -0.39 is 0 Å². The SMILES string of the molecule is C=C(/C=C(\C=C/O)c1ccc2oc3c4c(ccc3c2c1)N(c1cccc(-c2cc(-c3ccc5c(c3)c3ccccc3n5C/C=C\C)ccc2O)c1)/C=C\CCC4=C)c1cccc(N2/C=C\C=C/C(=C)c3ccccc32)c1.C=C=C. The normalized spacial score (nSPS) is 14.8. The lowest BCUT2D eigenvalue weighted by atomic mass is 9.94. The van der Waals surface area contributed by atoms with Crippen LogP contribution in [0.4, 0.5) is 22.7 Å². The second-order valence-electron chi connectivity index (χ2n) is 19.6. The molecule has 8 aromatic carbocycles. The molecule has 10 aromatic rings. The number of anilines is 4. The molecule has 2 aromatic heterocycles. The minimum Gasteiger partial charge on any atom is -0.516 e. The molecule has 0 fully saturated rings. The summed E-state index contributed by atoms with van der Waals surface area (Å²) in [5.41, 5.74) is 21.2. The first kappa shape index (κ1) is 50.9. The Morgan fingerprint density at radius 1 is 0.658 bits per heavy atom. The summed E-state index contributed by atoms with van der Waals surface area (Å²) >= 11 is 0. The molecule has 79 heavy (non-hydrogen) atoms. The molecule has 0 unspecified atom stereocenters. The van der Waals surface area contributed by atoms with Gasteiger partial charge in [0.1, 0.15) is 16.9 Å². The highest BCUT2D eigenvalue weighted by molar-refractivity contribution is 6.12. The Hall–Kier alpha value is -10.3. The second-order valence-corrected chi connectivity index (χ2v) is 19.6. The molecule has 384 valence electrons. The number of rotatable bonds is 10. The van der Waals surface area contributed by atoms with Crippen molar-refractivity contribution in [2.45, 2.75) is 26.3 Å². The third kappa shape index (κ3) is 9.81. The van der Waals surface area contributed by atoms with Crippen molar-refractivity contribution in [3.63, 3.8) is 0 Å². The van der Waals surface area contributed by atoms with Crippen LogP contribution in [0.25, 0.3) is 88.3 Å². The lowest BCUT2D eigenvalue weighted by Crippen LogP contribution is -2.12. The third-order valence-electron chi connectivity index (χ3n) is 14.7. The molecule has 0 radical (unpaired) electrons. The molecule has 4 heterocycles. The zero-order valence-corrected chi connectivity index (χ0v) is 44.2. The van der Waals surface area contributed by atoms with Gasteiger partial charge in [-0.2, -0.15) is 0 Å². The quantitative estimate of drug-likeness (QED) is 0.0618. The largest absolute Gasteiger partial charge is 0.516 e. The third-order valence-corrected chi connectivity index (χ3v) is 14.7. The molecule has 0 aliphatic carbocycles. The number of aliphatic hydroxyl groups excluding tert-OH is 1. The van der Waals surface area contributed by atoms with Gasteiger partial charge in [0, 0.05) is 79.6 Å². The smallest absolute Gasteiger partial charge is 0.145 e. The number of aromatic hydroxyl groups is 1. The minimum atomic E-state index is 0.212. The number of hydrogen-bond donors (Lipinski definition) is 2. The number of allylic oxidation sites excluding steroid dienone is 12. The molecule has 0 amide bonds. The zero-order chi connectivity index (χ0) is 54.6. The highest BCUT2D eigenvalue weighted by Crippen LogP contribution is 2.46. The van der Waals surface area contributed by atoms with Gasteiger partial charge in [-0.1, -0.05) is 142 Å². The van der Waals surface area contributed by atoms with Gasteiger partial charge in [-0.3, -0.25) is 0 Å². The van der Waals surface area contributed by atoms with Crippen molar-refractivity contribution in [2.24, 2.45) is 0 Å². The average molecular weight is 1030 g/mol. The van der Waals surface area contributed by atoms with Crippen LogP contribution in [-0.2, 0) is 6.54 Å². The molecule has 6 nitrogen and oxygen atoms in total. The number of hydrogen-bond acceptors (Lipinski definition) is 5. The molecule has 0 saturated heterocycles. The van der Waals surface area contributed by atoms with Crippen LogP contribution in [0.15, 0.2) is 274 Å². The second kappa shape index (κ2) is 22.1. The summed E-state index contributed by atoms with van der Waals surface area (Å²) in [4.78, 5) is 4.37. The van der Waals surface area contributed by atoms with Crippen LogP contribution in [0.2, 0.25) is 0 Å². The van der Waals surface area contributed by atoms with Crippen LogP contribution in [-0.4, -0.2) is 14.8 Å². The van der Waals surface area contributed by atoms with Crippen LogP contribution < -0.4 is 9.80 Å². The number of phenolic OH excluding ortho intramolecular Hbond substituents is 1. The standard InChI is InChI=1S/C70H55N3O3.C3H4/c1-5-6-36-73-64-26-10-8-24-58(64)61-44-50(27-31-65(61)73)51-28-33-67(75)60(43-51)54-20-16-22-56(42-54)72-38-14-12-18-47(3)69-66(72)32-30-59-62-45-52(29-34-68(62)76-70(59)69)53(35-39-74)40-48(4)49-19-15-21-55(41-49)71-37-13-11-17-46(2)57-23-7-9-25-63(57)71;1-3-2/h5-11,13-17,19-35,37-45,74-75H,2-4,12,18,36H2,1H3;1-2H2/b6-5-,17-11-,37-13-,38-14-,39-35-,53-40+;. The number of nitrogens with zero attached hydrogens (tertiary/aromatic N) is 3. The van der Waals surface area contributed by atoms with Crippen LogP contribution in [0.1, 0.15) is 42.0 Å². The predicted molar refractivity (Wildman–Crippen MR) is 336 cm³/mol. The first-order chi connectivity index (χ1) is 38.7. The van der Waals surface area contributed by atoms with E-state index in [1.54, 1.807) is 12.1 Å². The number of phenols is 1. The van der Waals surface area contributed by atoms with E-state index in [4.69, 9.17) is 4.42 Å². The van der Waals surface area contributed by atoms with Crippen molar-refractivity contribution in [1.82, 2.24) is 4.57 Å². The van der Waals surface area contributed by atoms with E-state index in [0.29, 0.717) is 0 Å². The molecule has 0 bridgehead atoms. The summed E-state index contributed by atoms with van der Waals surface area (Å²) < 4.78 is 9.19. The first-order valence-electron chi connectivity index (χ1n) is 26.4. The van der Waals surface area contributed by atoms with Crippen molar-refractivity contribution in [2.75, 3.05) is 9.80 Å². The van der Waals surface area contributed by atoms with Crippen molar-refractivity contribution in [1.29, 1.82) is 0 Å². The Morgan fingerprint density at radius 3 is 2.27 bits per heavy atom. The van der Waals surface area contributed by atoms with Gasteiger partial charge in [0.2, 0.25) is 0 Å². The van der Waals surface area contributed by atoms with Crippen LogP contribution in [0.5, 0.6) is 5.75 Å². The first-order valence-corrected chi connectivity index (χ1v) is 26.4. The van der Waals surface area contributed by atoms with Crippen molar-refractivity contribution >= 4 is 88.8 Å². The number of furan rings is 1. The van der Waals surface area contributed by atoms with Gasteiger partial charge in [0.05, 0.1) is 17.6 Å². The summed E-state index contributed by atoms with van der Waals surface area (Å²) in [5, 5.41) is 26.1. The van der Waals surface area contributed by atoms with Gasteiger partial charge in [0.15, 0.2) is 0 Å². The van der Waals surface area contributed by atoms with E-state index in [0.717, 1.165) is 137 Å². The fourth-order valence-corrected chi connectivity index (χ4v) is 10.9. The highest BCUT2D eigenvalue weighted by atomic mass is 16.3. The number of fused-ring (bicyclic) bond motifs is 9. The molecule has 0 atom stereocenters. The molecule has 2 aliphatic heterocycles. The Morgan fingerprint density at radius 2 is 1.42 bits per heavy atom. The molecule has 12 rings (SSSR count). The van der Waals surface area contributed by atoms with Gasteiger partial charge < -0.3 is 29.0 Å². The predicted octanol–water partition coefficient (Wildman–Crippen LogP) is 20.1. The molecule has 0 spiro atoms. The van der Waals surface area contributed by atoms with Gasteiger partial charge in [0.25, 0.3) is 0 Å². The monoisotopic (exact) mass is 1030 g/mol. The molecule has 0 saturated carbocycles. The lowest BCUT2D eigenvalue weighted by molar-refractivity contribution is 0.474. The van der Waals surface area contributed by atoms with Crippen LogP contribution in [0.3, 0.4) is 0 Å². The van der Waals surface area contributed by atoms with E-state index in [-0.39, 0.29) is 5.75 Å². The average Bonchev–Trinajstić information content (AvgIpc) is 4.26. The van der Waals surface area contributed by atoms with Crippen molar-refractivity contribution < 1.29 is 14.6 Å². The lowest BCUT2D eigenvalue weighted by Gasteiger charge is -2.27. The summed E-state index contributed by atoms with van der Waals surface area (Å²) in [6.45, 7) is 22.6. The van der Waals surface area contributed by atoms with E-state index in [2.05, 4.69) is 206 Å². The van der Waals surface area contributed by atoms with E-state index in [9.17, 15) is 10.2 Å². The van der Waals surface area contributed by atoms with Gasteiger partial charge in [-0.25, -0.2) is 0 Å². The maximum Gasteiger partial charge on any atom is 0.145 e. The maximum absolute atomic E-state index is 11.5. The summed E-state index contributed by atoms with van der Waals surface area (Å²) in [5.74, 6) is 0.212. The fourth-order valence-electron chi connectivity index (χ4n) is 10.9. The summed E-state index contributed by atoms with van der Waals surface area (Å²) in [6, 6.07) is 56.5. The van der Waals surface area contributed by atoms with Gasteiger partial charge >= 0.3 is 0 Å². The van der Waals surface area contributed by atoms with E-state index in [1.165, 1.54) is 21.8 Å². The summed E-state index contributed by atoms with van der Waals surface area (Å²) in [6.07, 6.45) is 23.1. The number of aliphatic hydroxyl groups is 1. The van der Waals surface area contributed by atoms with E-state index >= 15 is 0 Å². The summed E-state index contributed by atoms with van der Waals surface area (Å²) in [7, 11) is 0. The van der Waals surface area contributed by atoms with Gasteiger partial charge in [-0.05, 0) is 173 Å². The Bertz CT molecular complexity index is 4310. The van der Waals surface area contributed by atoms with E-state index in [1.807, 2.05) is 66.8 Å². The molecular formula is C73H59N3O3. The Balaban J connectivity index is 0.00000215. The molecule has 6 heteroatoms. The van der Waals surface area contributed by atoms with Crippen LogP contribution >= 0.6 is 0 Å². The number of aromatic nitrogens is 1. The molecule has 2 aliphatic rings. The maximum atomic E-state index is 11.5. The highest BCUT2D eigenvalue weighted by Gasteiger charge is 2.24. The number of benzene rings is 8. The topological polar surface area (TPSA) is 65.0 Å². The Labute approximate surface area is 461 Å². The minimum absolute atomic E-state index is 0.212. The molecular weight excluding hydrogens is 967 g/mol. The van der Waals surface area contributed by atoms with Crippen molar-refractivity contribution in [3.05, 3.63) is 292 Å². The molecule has 2 N–H and O–H groups in total. The van der Waals surface area contributed by atoms with Crippen molar-refractivity contribution in [3.8, 4) is 28.0 Å².